The first-order chi connectivity index (χ1) is 13.7. The van der Waals surface area contributed by atoms with Gasteiger partial charge in [0.15, 0.2) is 0 Å². The van der Waals surface area contributed by atoms with Crippen molar-refractivity contribution >= 4 is 21.6 Å². The second kappa shape index (κ2) is 10.3. The van der Waals surface area contributed by atoms with Gasteiger partial charge in [-0.2, -0.15) is 0 Å². The van der Waals surface area contributed by atoms with Gasteiger partial charge in [-0.25, -0.2) is 8.42 Å². The van der Waals surface area contributed by atoms with Crippen LogP contribution in [0.4, 0.5) is 5.69 Å². The molecule has 0 saturated heterocycles. The van der Waals surface area contributed by atoms with E-state index in [9.17, 15) is 13.2 Å². The molecule has 0 bridgehead atoms. The van der Waals surface area contributed by atoms with Crippen LogP contribution in [0.15, 0.2) is 53.4 Å². The molecule has 0 fully saturated rings. The average molecular weight is 419 g/mol. The minimum atomic E-state index is -3.90. The van der Waals surface area contributed by atoms with Crippen LogP contribution in [0, 0.1) is 12.8 Å². The maximum atomic E-state index is 13.3. The van der Waals surface area contributed by atoms with Crippen LogP contribution in [0.5, 0.6) is 5.75 Å². The van der Waals surface area contributed by atoms with Crippen LogP contribution in [0.2, 0.25) is 0 Å². The lowest BCUT2D eigenvalue weighted by molar-refractivity contribution is -0.119. The predicted molar refractivity (Wildman–Crippen MR) is 116 cm³/mol. The summed E-state index contributed by atoms with van der Waals surface area (Å²) in [5.74, 6) is 0.759. The van der Waals surface area contributed by atoms with Crippen molar-refractivity contribution in [1.82, 2.24) is 5.32 Å². The lowest BCUT2D eigenvalue weighted by Crippen LogP contribution is -2.41. The number of amides is 1. The van der Waals surface area contributed by atoms with E-state index >= 15 is 0 Å². The Morgan fingerprint density at radius 1 is 1.07 bits per heavy atom. The largest absolute Gasteiger partial charge is 0.494 e. The molecule has 29 heavy (non-hydrogen) atoms. The van der Waals surface area contributed by atoms with Crippen LogP contribution >= 0.6 is 0 Å². The maximum absolute atomic E-state index is 13.3. The summed E-state index contributed by atoms with van der Waals surface area (Å²) in [4.78, 5) is 12.6. The zero-order chi connectivity index (χ0) is 21.4. The highest BCUT2D eigenvalue weighted by atomic mass is 32.2. The quantitative estimate of drug-likeness (QED) is 0.638. The fraction of sp³-hybridized carbons (Fsp3) is 0.409. The minimum Gasteiger partial charge on any atom is -0.494 e. The Bertz CT molecular complexity index is 891. The molecule has 0 atom stereocenters. The van der Waals surface area contributed by atoms with E-state index in [1.54, 1.807) is 48.5 Å². The number of ether oxygens (including phenoxy) is 1. The van der Waals surface area contributed by atoms with Gasteiger partial charge in [-0.15, -0.1) is 0 Å². The third-order valence-corrected chi connectivity index (χ3v) is 6.16. The van der Waals surface area contributed by atoms with Crippen molar-refractivity contribution < 1.29 is 17.9 Å². The zero-order valence-electron chi connectivity index (χ0n) is 17.5. The normalized spacial score (nSPS) is 11.3. The Balaban J connectivity index is 2.31. The molecule has 0 aliphatic carbocycles. The third-order valence-electron chi connectivity index (χ3n) is 4.38. The van der Waals surface area contributed by atoms with Gasteiger partial charge in [-0.1, -0.05) is 31.5 Å². The van der Waals surface area contributed by atoms with Crippen LogP contribution in [0.25, 0.3) is 0 Å². The molecular weight excluding hydrogens is 388 g/mol. The number of nitrogens with zero attached hydrogens (tertiary/aromatic N) is 1. The molecule has 0 heterocycles. The van der Waals surface area contributed by atoms with Gasteiger partial charge in [0, 0.05) is 6.54 Å². The van der Waals surface area contributed by atoms with Gasteiger partial charge >= 0.3 is 0 Å². The van der Waals surface area contributed by atoms with Crippen molar-refractivity contribution in [1.29, 1.82) is 0 Å². The fourth-order valence-corrected chi connectivity index (χ4v) is 4.14. The Hall–Kier alpha value is -2.54. The third kappa shape index (κ3) is 6.49. The first-order valence-electron chi connectivity index (χ1n) is 9.83. The van der Waals surface area contributed by atoms with Crippen LogP contribution < -0.4 is 14.4 Å². The van der Waals surface area contributed by atoms with Crippen LogP contribution in [0.1, 0.15) is 32.8 Å². The van der Waals surface area contributed by atoms with Crippen molar-refractivity contribution in [2.75, 3.05) is 24.0 Å². The van der Waals surface area contributed by atoms with Crippen molar-refractivity contribution in [2.24, 2.45) is 5.92 Å². The van der Waals surface area contributed by atoms with Gasteiger partial charge < -0.3 is 10.1 Å². The van der Waals surface area contributed by atoms with E-state index in [0.29, 0.717) is 30.5 Å². The van der Waals surface area contributed by atoms with Crippen LogP contribution in [-0.4, -0.2) is 34.0 Å². The molecule has 1 N–H and O–H groups in total. The Kier molecular flexibility index (Phi) is 8.08. The molecule has 0 saturated carbocycles. The summed E-state index contributed by atoms with van der Waals surface area (Å²) in [7, 11) is -3.90. The average Bonchev–Trinajstić information content (AvgIpc) is 2.67. The number of carbonyl (C=O) groups excluding carboxylic acids is 1. The second-order valence-corrected chi connectivity index (χ2v) is 9.15. The molecule has 0 radical (unpaired) electrons. The standard InChI is InChI=1S/C22H30N2O4S/c1-5-28-20-10-8-19(9-11-20)24(16-22(25)23-15-14-17(2)3)29(26,27)21-12-6-18(4)7-13-21/h6-13,17H,5,14-16H2,1-4H3,(H,23,25). The predicted octanol–water partition coefficient (Wildman–Crippen LogP) is 3.75. The molecule has 0 unspecified atom stereocenters. The number of anilines is 1. The summed E-state index contributed by atoms with van der Waals surface area (Å²) in [6, 6.07) is 13.3. The number of carbonyl (C=O) groups is 1. The van der Waals surface area contributed by atoms with Crippen molar-refractivity contribution in [3.8, 4) is 5.75 Å². The van der Waals surface area contributed by atoms with E-state index in [4.69, 9.17) is 4.74 Å². The highest BCUT2D eigenvalue weighted by Crippen LogP contribution is 2.26. The van der Waals surface area contributed by atoms with Gasteiger partial charge in [0.25, 0.3) is 10.0 Å². The first-order valence-corrected chi connectivity index (χ1v) is 11.3. The topological polar surface area (TPSA) is 75.7 Å². The van der Waals surface area contributed by atoms with E-state index in [0.717, 1.165) is 16.3 Å². The zero-order valence-corrected chi connectivity index (χ0v) is 18.3. The number of aryl methyl sites for hydroxylation is 1. The molecular formula is C22H30N2O4S. The molecule has 2 aromatic carbocycles. The van der Waals surface area contributed by atoms with Crippen molar-refractivity contribution in [3.63, 3.8) is 0 Å². The minimum absolute atomic E-state index is 0.145. The molecule has 1 amide bonds. The Morgan fingerprint density at radius 2 is 1.69 bits per heavy atom. The summed E-state index contributed by atoms with van der Waals surface area (Å²) in [6.45, 7) is 8.65. The number of benzene rings is 2. The number of nitrogens with one attached hydrogen (secondary N) is 1. The molecule has 0 aliphatic heterocycles. The molecule has 7 heteroatoms. The molecule has 0 spiro atoms. The number of hydrogen-bond acceptors (Lipinski definition) is 4. The van der Waals surface area contributed by atoms with Gasteiger partial charge in [0.2, 0.25) is 5.91 Å². The van der Waals surface area contributed by atoms with E-state index in [1.165, 1.54) is 0 Å². The molecule has 0 aromatic heterocycles. The van der Waals surface area contributed by atoms with E-state index < -0.39 is 10.0 Å². The van der Waals surface area contributed by atoms with Crippen LogP contribution in [-0.2, 0) is 14.8 Å². The van der Waals surface area contributed by atoms with Crippen molar-refractivity contribution in [3.05, 3.63) is 54.1 Å². The molecule has 2 rings (SSSR count). The second-order valence-electron chi connectivity index (χ2n) is 7.28. The number of rotatable bonds is 10. The van der Waals surface area contributed by atoms with Crippen LogP contribution in [0.3, 0.4) is 0 Å². The highest BCUT2D eigenvalue weighted by Gasteiger charge is 2.27. The smallest absolute Gasteiger partial charge is 0.264 e. The molecule has 158 valence electrons. The van der Waals surface area contributed by atoms with Gasteiger partial charge in [-0.3, -0.25) is 9.10 Å². The monoisotopic (exact) mass is 418 g/mol. The van der Waals surface area contributed by atoms with E-state index in [-0.39, 0.29) is 17.3 Å². The lowest BCUT2D eigenvalue weighted by atomic mass is 10.1. The van der Waals surface area contributed by atoms with Gasteiger partial charge in [0.05, 0.1) is 17.2 Å². The molecule has 2 aromatic rings. The molecule has 6 nitrogen and oxygen atoms in total. The maximum Gasteiger partial charge on any atom is 0.264 e. The highest BCUT2D eigenvalue weighted by molar-refractivity contribution is 7.92. The van der Waals surface area contributed by atoms with E-state index in [2.05, 4.69) is 19.2 Å². The number of hydrogen-bond donors (Lipinski definition) is 1. The lowest BCUT2D eigenvalue weighted by Gasteiger charge is -2.24. The SMILES string of the molecule is CCOc1ccc(N(CC(=O)NCCC(C)C)S(=O)(=O)c2ccc(C)cc2)cc1. The summed E-state index contributed by atoms with van der Waals surface area (Å²) >= 11 is 0. The number of sulfonamides is 1. The Labute approximate surface area is 173 Å². The summed E-state index contributed by atoms with van der Waals surface area (Å²) < 4.78 is 33.1. The van der Waals surface area contributed by atoms with Gasteiger partial charge in [-0.05, 0) is 62.6 Å². The van der Waals surface area contributed by atoms with Gasteiger partial charge in [0.1, 0.15) is 12.3 Å². The fourth-order valence-electron chi connectivity index (χ4n) is 2.71. The summed E-state index contributed by atoms with van der Waals surface area (Å²) in [5.41, 5.74) is 1.37. The Morgan fingerprint density at radius 3 is 2.24 bits per heavy atom. The molecule has 0 aliphatic rings. The first kappa shape index (κ1) is 22.7. The summed E-state index contributed by atoms with van der Waals surface area (Å²) in [6.07, 6.45) is 0.833. The van der Waals surface area contributed by atoms with Crippen molar-refractivity contribution in [2.45, 2.75) is 39.0 Å². The van der Waals surface area contributed by atoms with E-state index in [1.807, 2.05) is 13.8 Å². The summed E-state index contributed by atoms with van der Waals surface area (Å²) in [5, 5.41) is 2.81.